The zero-order chi connectivity index (χ0) is 11.6. The van der Waals surface area contributed by atoms with Crippen LogP contribution in [0.25, 0.3) is 0 Å². The topological polar surface area (TPSA) is 0 Å². The van der Waals surface area contributed by atoms with Gasteiger partial charge in [-0.3, -0.25) is 0 Å². The summed E-state index contributed by atoms with van der Waals surface area (Å²) in [5.74, 6) is 0. The fourth-order valence-electron chi connectivity index (χ4n) is 2.81. The molecule has 0 aromatic heterocycles. The molecule has 0 radical (unpaired) electrons. The minimum absolute atomic E-state index is 1.36. The van der Waals surface area contributed by atoms with E-state index in [0.29, 0.717) is 0 Å². The third-order valence-electron chi connectivity index (χ3n) is 3.87. The fourth-order valence-corrected chi connectivity index (χ4v) is 2.81. The Balaban J connectivity index is 2.37. The van der Waals surface area contributed by atoms with Gasteiger partial charge in [0.05, 0.1) is 0 Å². The molecule has 0 N–H and O–H groups in total. The third-order valence-corrected chi connectivity index (χ3v) is 3.87. The highest BCUT2D eigenvalue weighted by molar-refractivity contribution is 5.17. The molecule has 1 fully saturated rings. The van der Waals surface area contributed by atoms with Crippen LogP contribution in [0.2, 0.25) is 0 Å². The number of unbranched alkanes of at least 4 members (excludes halogenated alkanes) is 4. The molecule has 94 valence electrons. The predicted octanol–water partition coefficient (Wildman–Crippen LogP) is 6.02. The van der Waals surface area contributed by atoms with Gasteiger partial charge in [0.25, 0.3) is 0 Å². The normalized spacial score (nSPS) is 15.8. The van der Waals surface area contributed by atoms with E-state index < -0.39 is 0 Å². The average molecular weight is 222 g/mol. The van der Waals surface area contributed by atoms with E-state index >= 15 is 0 Å². The lowest BCUT2D eigenvalue weighted by Crippen LogP contribution is -1.91. The van der Waals surface area contributed by atoms with Crippen LogP contribution < -0.4 is 0 Å². The van der Waals surface area contributed by atoms with E-state index in [4.69, 9.17) is 0 Å². The first-order chi connectivity index (χ1) is 7.88. The molecule has 0 aromatic carbocycles. The zero-order valence-electron chi connectivity index (χ0n) is 11.5. The van der Waals surface area contributed by atoms with Gasteiger partial charge in [0.2, 0.25) is 0 Å². The summed E-state index contributed by atoms with van der Waals surface area (Å²) in [7, 11) is 0. The van der Waals surface area contributed by atoms with Crippen LogP contribution in [0.3, 0.4) is 0 Å². The molecule has 0 aromatic rings. The summed E-state index contributed by atoms with van der Waals surface area (Å²) in [5, 5.41) is 0. The van der Waals surface area contributed by atoms with E-state index in [1.165, 1.54) is 77.0 Å². The van der Waals surface area contributed by atoms with Crippen molar-refractivity contribution in [1.29, 1.82) is 0 Å². The molecule has 0 unspecified atom stereocenters. The Bertz CT molecular complexity index is 180. The minimum Gasteiger partial charge on any atom is -0.0710 e. The third kappa shape index (κ3) is 5.18. The summed E-state index contributed by atoms with van der Waals surface area (Å²) < 4.78 is 0. The molecule has 0 heteroatoms. The lowest BCUT2D eigenvalue weighted by atomic mass is 9.95. The molecular weight excluding hydrogens is 192 g/mol. The Labute approximate surface area is 103 Å². The van der Waals surface area contributed by atoms with Gasteiger partial charge in [-0.05, 0) is 51.4 Å². The van der Waals surface area contributed by atoms with Gasteiger partial charge in [-0.25, -0.2) is 0 Å². The number of allylic oxidation sites excluding steroid dienone is 2. The predicted molar refractivity (Wildman–Crippen MR) is 73.8 cm³/mol. The van der Waals surface area contributed by atoms with E-state index in [-0.39, 0.29) is 0 Å². The highest BCUT2D eigenvalue weighted by atomic mass is 14.2. The van der Waals surface area contributed by atoms with Crippen LogP contribution in [-0.2, 0) is 0 Å². The minimum atomic E-state index is 1.36. The summed E-state index contributed by atoms with van der Waals surface area (Å²) in [6, 6.07) is 0. The highest BCUT2D eigenvalue weighted by Gasteiger charge is 2.11. The van der Waals surface area contributed by atoms with Crippen molar-refractivity contribution in [3.8, 4) is 0 Å². The van der Waals surface area contributed by atoms with Crippen LogP contribution in [0, 0.1) is 0 Å². The molecule has 0 saturated heterocycles. The molecule has 1 rings (SSSR count). The van der Waals surface area contributed by atoms with Gasteiger partial charge in [-0.15, -0.1) is 0 Å². The fraction of sp³-hybridized carbons (Fsp3) is 0.875. The second-order valence-electron chi connectivity index (χ2n) is 5.33. The Kier molecular flexibility index (Phi) is 7.63. The SMILES string of the molecule is CCCCCC(CCCCC)=C1CCCC1. The van der Waals surface area contributed by atoms with Crippen LogP contribution in [0.5, 0.6) is 0 Å². The van der Waals surface area contributed by atoms with Gasteiger partial charge in [0, 0.05) is 0 Å². The second kappa shape index (κ2) is 8.84. The van der Waals surface area contributed by atoms with Crippen molar-refractivity contribution in [1.82, 2.24) is 0 Å². The van der Waals surface area contributed by atoms with Crippen LogP contribution in [-0.4, -0.2) is 0 Å². The average Bonchev–Trinajstić information content (AvgIpc) is 2.81. The van der Waals surface area contributed by atoms with Gasteiger partial charge in [-0.2, -0.15) is 0 Å². The molecule has 0 spiro atoms. The van der Waals surface area contributed by atoms with E-state index in [1.54, 1.807) is 0 Å². The summed E-state index contributed by atoms with van der Waals surface area (Å²) in [6.07, 6.45) is 17.0. The molecular formula is C16H30. The molecule has 1 saturated carbocycles. The Hall–Kier alpha value is -0.260. The van der Waals surface area contributed by atoms with E-state index in [9.17, 15) is 0 Å². The molecule has 1 aliphatic carbocycles. The molecule has 0 aliphatic heterocycles. The molecule has 16 heavy (non-hydrogen) atoms. The summed E-state index contributed by atoms with van der Waals surface area (Å²) in [4.78, 5) is 0. The number of hydrogen-bond donors (Lipinski definition) is 0. The number of hydrogen-bond acceptors (Lipinski definition) is 0. The summed E-state index contributed by atoms with van der Waals surface area (Å²) >= 11 is 0. The van der Waals surface area contributed by atoms with Crippen molar-refractivity contribution in [2.45, 2.75) is 90.9 Å². The maximum absolute atomic E-state index is 2.31. The first-order valence-electron chi connectivity index (χ1n) is 7.58. The molecule has 1 aliphatic rings. The summed E-state index contributed by atoms with van der Waals surface area (Å²) in [5.41, 5.74) is 3.71. The van der Waals surface area contributed by atoms with Gasteiger partial charge in [-0.1, -0.05) is 50.7 Å². The quantitative estimate of drug-likeness (QED) is 0.348. The Morgan fingerprint density at radius 2 is 1.31 bits per heavy atom. The largest absolute Gasteiger partial charge is 0.0710 e. The first kappa shape index (κ1) is 13.8. The maximum atomic E-state index is 2.31. The molecule has 0 heterocycles. The molecule has 0 amide bonds. The van der Waals surface area contributed by atoms with Crippen LogP contribution in [0.15, 0.2) is 11.1 Å². The lowest BCUT2D eigenvalue weighted by molar-refractivity contribution is 0.650. The standard InChI is InChI=1S/C16H30/c1-3-5-7-11-15(12-8-6-4-2)16-13-9-10-14-16/h3-14H2,1-2H3. The van der Waals surface area contributed by atoms with Crippen molar-refractivity contribution in [3.05, 3.63) is 11.1 Å². The van der Waals surface area contributed by atoms with Gasteiger partial charge < -0.3 is 0 Å². The van der Waals surface area contributed by atoms with Gasteiger partial charge in [0.15, 0.2) is 0 Å². The van der Waals surface area contributed by atoms with Crippen LogP contribution >= 0.6 is 0 Å². The smallest absolute Gasteiger partial charge is 0.0318 e. The monoisotopic (exact) mass is 222 g/mol. The Morgan fingerprint density at radius 1 is 0.812 bits per heavy atom. The van der Waals surface area contributed by atoms with Crippen molar-refractivity contribution in [3.63, 3.8) is 0 Å². The van der Waals surface area contributed by atoms with E-state index in [0.717, 1.165) is 0 Å². The van der Waals surface area contributed by atoms with Crippen LogP contribution in [0.4, 0.5) is 0 Å². The highest BCUT2D eigenvalue weighted by Crippen LogP contribution is 2.31. The number of rotatable bonds is 8. The van der Waals surface area contributed by atoms with Crippen molar-refractivity contribution in [2.75, 3.05) is 0 Å². The van der Waals surface area contributed by atoms with Crippen LogP contribution in [0.1, 0.15) is 90.9 Å². The summed E-state index contributed by atoms with van der Waals surface area (Å²) in [6.45, 7) is 4.61. The maximum Gasteiger partial charge on any atom is -0.0318 e. The van der Waals surface area contributed by atoms with Gasteiger partial charge in [0.1, 0.15) is 0 Å². The van der Waals surface area contributed by atoms with E-state index in [1.807, 2.05) is 11.1 Å². The van der Waals surface area contributed by atoms with Crippen molar-refractivity contribution in [2.24, 2.45) is 0 Å². The van der Waals surface area contributed by atoms with E-state index in [2.05, 4.69) is 13.8 Å². The van der Waals surface area contributed by atoms with Gasteiger partial charge >= 0.3 is 0 Å². The molecule has 0 bridgehead atoms. The molecule has 0 atom stereocenters. The first-order valence-corrected chi connectivity index (χ1v) is 7.58. The second-order valence-corrected chi connectivity index (χ2v) is 5.33. The Morgan fingerprint density at radius 3 is 1.75 bits per heavy atom. The van der Waals surface area contributed by atoms with Crippen molar-refractivity contribution < 1.29 is 0 Å². The van der Waals surface area contributed by atoms with Crippen molar-refractivity contribution >= 4 is 0 Å². The lowest BCUT2D eigenvalue weighted by Gasteiger charge is -2.11. The molecule has 0 nitrogen and oxygen atoms in total. The zero-order valence-corrected chi connectivity index (χ0v) is 11.5.